The van der Waals surface area contributed by atoms with E-state index in [2.05, 4.69) is 52.4 Å². The maximum atomic E-state index is 6.04. The van der Waals surface area contributed by atoms with Crippen LogP contribution >= 0.6 is 27.5 Å². The molecule has 3 nitrogen and oxygen atoms in total. The fourth-order valence-electron chi connectivity index (χ4n) is 2.70. The van der Waals surface area contributed by atoms with E-state index in [1.54, 1.807) is 0 Å². The summed E-state index contributed by atoms with van der Waals surface area (Å²) in [6.45, 7) is 5.77. The van der Waals surface area contributed by atoms with Gasteiger partial charge < -0.3 is 14.8 Å². The molecular weight excluding hydrogens is 438 g/mol. The van der Waals surface area contributed by atoms with Crippen molar-refractivity contribution in [2.75, 3.05) is 11.9 Å². The smallest absolute Gasteiger partial charge is 0.162 e. The Morgan fingerprint density at radius 3 is 2.29 bits per heavy atom. The summed E-state index contributed by atoms with van der Waals surface area (Å²) in [6, 6.07) is 20.0. The van der Waals surface area contributed by atoms with Crippen molar-refractivity contribution >= 4 is 33.2 Å². The first-order chi connectivity index (χ1) is 13.5. The van der Waals surface area contributed by atoms with E-state index >= 15 is 0 Å². The van der Waals surface area contributed by atoms with Gasteiger partial charge in [-0.1, -0.05) is 57.4 Å². The molecule has 1 N–H and O–H groups in total. The summed E-state index contributed by atoms with van der Waals surface area (Å²) in [5.41, 5.74) is 4.45. The summed E-state index contributed by atoms with van der Waals surface area (Å²) in [7, 11) is 0. The van der Waals surface area contributed by atoms with Gasteiger partial charge in [0.15, 0.2) is 11.5 Å². The van der Waals surface area contributed by atoms with Gasteiger partial charge in [-0.05, 0) is 61.4 Å². The average molecular weight is 461 g/mol. The number of anilines is 1. The molecule has 0 atom stereocenters. The van der Waals surface area contributed by atoms with Crippen LogP contribution in [0.1, 0.15) is 23.6 Å². The van der Waals surface area contributed by atoms with Crippen LogP contribution in [-0.2, 0) is 13.2 Å². The van der Waals surface area contributed by atoms with Gasteiger partial charge in [0.05, 0.1) is 6.61 Å². The molecule has 3 aromatic carbocycles. The van der Waals surface area contributed by atoms with E-state index in [-0.39, 0.29) is 0 Å². The zero-order valence-electron chi connectivity index (χ0n) is 16.0. The normalized spacial score (nSPS) is 10.6. The Morgan fingerprint density at radius 2 is 1.61 bits per heavy atom. The van der Waals surface area contributed by atoms with Gasteiger partial charge in [-0.15, -0.1) is 0 Å². The molecule has 0 amide bonds. The molecule has 0 heterocycles. The van der Waals surface area contributed by atoms with Crippen LogP contribution in [0.5, 0.6) is 11.5 Å². The standard InChI is InChI=1S/C23H23BrClNO2/c1-3-27-22-12-18(14-26-20-10-8-19(25)9-11-20)21(24)13-23(22)28-15-17-6-4-16(2)5-7-17/h4-13,26H,3,14-15H2,1-2H3. The molecule has 146 valence electrons. The van der Waals surface area contributed by atoms with Crippen LogP contribution in [0.2, 0.25) is 5.02 Å². The Kier molecular flexibility index (Phi) is 7.24. The second-order valence-electron chi connectivity index (χ2n) is 6.46. The van der Waals surface area contributed by atoms with E-state index in [1.807, 2.05) is 43.3 Å². The van der Waals surface area contributed by atoms with Crippen molar-refractivity contribution in [3.05, 3.63) is 86.8 Å². The van der Waals surface area contributed by atoms with Gasteiger partial charge in [-0.3, -0.25) is 0 Å². The lowest BCUT2D eigenvalue weighted by atomic mass is 10.1. The van der Waals surface area contributed by atoms with E-state index in [0.717, 1.165) is 37.8 Å². The zero-order chi connectivity index (χ0) is 19.9. The Bertz CT molecular complexity index is 911. The quantitative estimate of drug-likeness (QED) is 0.392. The molecule has 5 heteroatoms. The molecule has 0 saturated heterocycles. The van der Waals surface area contributed by atoms with Crippen LogP contribution < -0.4 is 14.8 Å². The minimum absolute atomic E-state index is 0.495. The maximum Gasteiger partial charge on any atom is 0.162 e. The van der Waals surface area contributed by atoms with Gasteiger partial charge in [0.2, 0.25) is 0 Å². The zero-order valence-corrected chi connectivity index (χ0v) is 18.3. The van der Waals surface area contributed by atoms with Crippen molar-refractivity contribution in [3.8, 4) is 11.5 Å². The van der Waals surface area contributed by atoms with Gasteiger partial charge in [0, 0.05) is 21.7 Å². The van der Waals surface area contributed by atoms with Gasteiger partial charge in [-0.25, -0.2) is 0 Å². The van der Waals surface area contributed by atoms with Crippen LogP contribution in [0.3, 0.4) is 0 Å². The summed E-state index contributed by atoms with van der Waals surface area (Å²) in [6.07, 6.45) is 0. The third kappa shape index (κ3) is 5.66. The van der Waals surface area contributed by atoms with Crippen molar-refractivity contribution in [1.29, 1.82) is 0 Å². The third-order valence-corrected chi connectivity index (χ3v) is 5.24. The predicted molar refractivity (Wildman–Crippen MR) is 120 cm³/mol. The van der Waals surface area contributed by atoms with Gasteiger partial charge in [0.25, 0.3) is 0 Å². The van der Waals surface area contributed by atoms with E-state index in [4.69, 9.17) is 21.1 Å². The van der Waals surface area contributed by atoms with E-state index < -0.39 is 0 Å². The predicted octanol–water partition coefficient (Wildman–Crippen LogP) is 7.00. The van der Waals surface area contributed by atoms with Crippen molar-refractivity contribution in [3.63, 3.8) is 0 Å². The van der Waals surface area contributed by atoms with Crippen LogP contribution in [0, 0.1) is 6.92 Å². The SMILES string of the molecule is CCOc1cc(CNc2ccc(Cl)cc2)c(Br)cc1OCc1ccc(C)cc1. The lowest BCUT2D eigenvalue weighted by Gasteiger charge is -2.16. The summed E-state index contributed by atoms with van der Waals surface area (Å²) in [5.74, 6) is 1.47. The minimum Gasteiger partial charge on any atom is -0.490 e. The minimum atomic E-state index is 0.495. The monoisotopic (exact) mass is 459 g/mol. The molecule has 3 rings (SSSR count). The Labute approximate surface area is 179 Å². The molecular formula is C23H23BrClNO2. The van der Waals surface area contributed by atoms with E-state index in [0.29, 0.717) is 19.8 Å². The molecule has 0 fully saturated rings. The summed E-state index contributed by atoms with van der Waals surface area (Å²) >= 11 is 9.60. The molecule has 0 aliphatic carbocycles. The highest BCUT2D eigenvalue weighted by molar-refractivity contribution is 9.10. The fourth-order valence-corrected chi connectivity index (χ4v) is 3.29. The molecule has 0 unspecified atom stereocenters. The second kappa shape index (κ2) is 9.85. The average Bonchev–Trinajstić information content (AvgIpc) is 2.69. The third-order valence-electron chi connectivity index (χ3n) is 4.25. The topological polar surface area (TPSA) is 30.5 Å². The molecule has 0 bridgehead atoms. The first-order valence-corrected chi connectivity index (χ1v) is 10.3. The van der Waals surface area contributed by atoms with Gasteiger partial charge >= 0.3 is 0 Å². The number of hydrogen-bond acceptors (Lipinski definition) is 3. The summed E-state index contributed by atoms with van der Waals surface area (Å²) in [5, 5.41) is 4.12. The van der Waals surface area contributed by atoms with Crippen LogP contribution in [-0.4, -0.2) is 6.61 Å². The fraction of sp³-hybridized carbons (Fsp3) is 0.217. The molecule has 0 aliphatic rings. The highest BCUT2D eigenvalue weighted by Gasteiger charge is 2.11. The van der Waals surface area contributed by atoms with Crippen LogP contribution in [0.4, 0.5) is 5.69 Å². The molecule has 0 aliphatic heterocycles. The molecule has 28 heavy (non-hydrogen) atoms. The number of hydrogen-bond donors (Lipinski definition) is 1. The molecule has 0 saturated carbocycles. The molecule has 0 aromatic heterocycles. The first-order valence-electron chi connectivity index (χ1n) is 9.18. The first kappa shape index (κ1) is 20.6. The Balaban J connectivity index is 1.72. The number of aryl methyl sites for hydroxylation is 1. The summed E-state index contributed by atoms with van der Waals surface area (Å²) in [4.78, 5) is 0. The van der Waals surface area contributed by atoms with E-state index in [9.17, 15) is 0 Å². The molecule has 0 spiro atoms. The van der Waals surface area contributed by atoms with Crippen molar-refractivity contribution in [2.24, 2.45) is 0 Å². The summed E-state index contributed by atoms with van der Waals surface area (Å²) < 4.78 is 12.8. The number of ether oxygens (including phenoxy) is 2. The van der Waals surface area contributed by atoms with Crippen LogP contribution in [0.15, 0.2) is 65.1 Å². The highest BCUT2D eigenvalue weighted by Crippen LogP contribution is 2.35. The van der Waals surface area contributed by atoms with Crippen molar-refractivity contribution in [1.82, 2.24) is 0 Å². The lowest BCUT2D eigenvalue weighted by molar-refractivity contribution is 0.269. The van der Waals surface area contributed by atoms with E-state index in [1.165, 1.54) is 5.56 Å². The molecule has 0 radical (unpaired) electrons. The number of rotatable bonds is 8. The van der Waals surface area contributed by atoms with Crippen molar-refractivity contribution in [2.45, 2.75) is 27.0 Å². The largest absolute Gasteiger partial charge is 0.490 e. The van der Waals surface area contributed by atoms with Crippen molar-refractivity contribution < 1.29 is 9.47 Å². The molecule has 3 aromatic rings. The number of nitrogens with one attached hydrogen (secondary N) is 1. The van der Waals surface area contributed by atoms with Gasteiger partial charge in [-0.2, -0.15) is 0 Å². The maximum absolute atomic E-state index is 6.04. The van der Waals surface area contributed by atoms with Gasteiger partial charge in [0.1, 0.15) is 6.61 Å². The Hall–Kier alpha value is -2.17. The number of benzene rings is 3. The highest BCUT2D eigenvalue weighted by atomic mass is 79.9. The Morgan fingerprint density at radius 1 is 0.929 bits per heavy atom. The number of halogens is 2. The lowest BCUT2D eigenvalue weighted by Crippen LogP contribution is -2.04. The van der Waals surface area contributed by atoms with Crippen LogP contribution in [0.25, 0.3) is 0 Å². The second-order valence-corrected chi connectivity index (χ2v) is 7.75.